The van der Waals surface area contributed by atoms with Gasteiger partial charge < -0.3 is 14.2 Å². The van der Waals surface area contributed by atoms with E-state index in [2.05, 4.69) is 27.7 Å². The molecular formula is C22H46O3. The molecule has 0 aromatic carbocycles. The number of rotatable bonds is 20. The van der Waals surface area contributed by atoms with Gasteiger partial charge in [0.15, 0.2) is 0 Å². The molecule has 0 rings (SSSR count). The van der Waals surface area contributed by atoms with Crippen LogP contribution in [-0.2, 0) is 14.2 Å². The van der Waals surface area contributed by atoms with Gasteiger partial charge in [-0.2, -0.15) is 0 Å². The Morgan fingerprint density at radius 3 is 1.32 bits per heavy atom. The zero-order chi connectivity index (χ0) is 18.6. The maximum Gasteiger partial charge on any atom is 0.0468 e. The minimum absolute atomic E-state index is 0.773. The Bertz CT molecular complexity index is 245. The highest BCUT2D eigenvalue weighted by Gasteiger charge is 2.04. The molecule has 0 aromatic rings. The Kier molecular flexibility index (Phi) is 20.1. The Morgan fingerprint density at radius 1 is 0.480 bits per heavy atom. The number of hydrogen-bond donors (Lipinski definition) is 0. The van der Waals surface area contributed by atoms with Crippen molar-refractivity contribution in [3.8, 4) is 0 Å². The van der Waals surface area contributed by atoms with E-state index in [1.165, 1.54) is 51.4 Å². The normalized spacial score (nSPS) is 13.9. The molecule has 0 saturated carbocycles. The molecule has 0 aliphatic heterocycles. The predicted octanol–water partition coefficient (Wildman–Crippen LogP) is 6.25. The van der Waals surface area contributed by atoms with Crippen LogP contribution in [0.2, 0.25) is 0 Å². The minimum Gasteiger partial charge on any atom is -0.381 e. The van der Waals surface area contributed by atoms with Crippen LogP contribution in [0.5, 0.6) is 0 Å². The molecule has 0 spiro atoms. The van der Waals surface area contributed by atoms with Gasteiger partial charge in [-0.15, -0.1) is 0 Å². The third-order valence-corrected chi connectivity index (χ3v) is 4.68. The van der Waals surface area contributed by atoms with Gasteiger partial charge in [0.05, 0.1) is 0 Å². The van der Waals surface area contributed by atoms with E-state index in [1.807, 2.05) is 0 Å². The molecule has 0 N–H and O–H groups in total. The predicted molar refractivity (Wildman–Crippen MR) is 108 cm³/mol. The quantitative estimate of drug-likeness (QED) is 0.241. The summed E-state index contributed by atoms with van der Waals surface area (Å²) < 4.78 is 16.9. The summed E-state index contributed by atoms with van der Waals surface area (Å²) >= 11 is 0. The first-order valence-electron chi connectivity index (χ1n) is 10.9. The fourth-order valence-corrected chi connectivity index (χ4v) is 2.85. The van der Waals surface area contributed by atoms with Gasteiger partial charge in [0, 0.05) is 39.6 Å². The van der Waals surface area contributed by atoms with E-state index in [0.717, 1.165) is 64.3 Å². The van der Waals surface area contributed by atoms with E-state index in [9.17, 15) is 0 Å². The molecule has 0 heterocycles. The molecule has 152 valence electrons. The highest BCUT2D eigenvalue weighted by atomic mass is 16.5. The van der Waals surface area contributed by atoms with Gasteiger partial charge in [0.2, 0.25) is 0 Å². The third-order valence-electron chi connectivity index (χ3n) is 4.68. The van der Waals surface area contributed by atoms with Crippen molar-refractivity contribution in [2.45, 2.75) is 91.9 Å². The van der Waals surface area contributed by atoms with Crippen LogP contribution in [0.15, 0.2) is 0 Å². The Balaban J connectivity index is 3.23. The fourth-order valence-electron chi connectivity index (χ4n) is 2.85. The van der Waals surface area contributed by atoms with E-state index in [-0.39, 0.29) is 0 Å². The zero-order valence-electron chi connectivity index (χ0n) is 17.7. The van der Waals surface area contributed by atoms with Crippen molar-refractivity contribution in [1.29, 1.82) is 0 Å². The van der Waals surface area contributed by atoms with Gasteiger partial charge in [-0.25, -0.2) is 0 Å². The molecule has 0 amide bonds. The number of ether oxygens (including phenoxy) is 3. The molecule has 0 fully saturated rings. The monoisotopic (exact) mass is 358 g/mol. The standard InChI is InChI=1S/C22H46O3/c1-5-15-23-17-9-7-11-22(4)14-20-25-18-10-8-12-21(3)13-19-24-16-6-2/h21-22H,5-20H2,1-4H3/t21-,22-/m1/s1. The molecule has 0 aromatic heterocycles. The minimum atomic E-state index is 0.773. The first-order chi connectivity index (χ1) is 12.2. The summed E-state index contributed by atoms with van der Waals surface area (Å²) in [6.07, 6.45) is 12.2. The van der Waals surface area contributed by atoms with Crippen LogP contribution in [0.25, 0.3) is 0 Å². The first kappa shape index (κ1) is 24.9. The van der Waals surface area contributed by atoms with Crippen LogP contribution in [0.4, 0.5) is 0 Å². The van der Waals surface area contributed by atoms with Crippen molar-refractivity contribution < 1.29 is 14.2 Å². The summed E-state index contributed by atoms with van der Waals surface area (Å²) in [7, 11) is 0. The van der Waals surface area contributed by atoms with Crippen molar-refractivity contribution in [2.24, 2.45) is 11.8 Å². The van der Waals surface area contributed by atoms with Crippen LogP contribution < -0.4 is 0 Å². The Labute approximate surface area is 158 Å². The highest BCUT2D eigenvalue weighted by molar-refractivity contribution is 4.55. The van der Waals surface area contributed by atoms with Crippen LogP contribution in [0, 0.1) is 11.8 Å². The summed E-state index contributed by atoms with van der Waals surface area (Å²) in [5, 5.41) is 0. The van der Waals surface area contributed by atoms with Gasteiger partial charge in [-0.05, 0) is 50.4 Å². The fraction of sp³-hybridized carbons (Fsp3) is 1.00. The van der Waals surface area contributed by atoms with Crippen molar-refractivity contribution in [3.05, 3.63) is 0 Å². The Morgan fingerprint density at radius 2 is 0.880 bits per heavy atom. The number of hydrogen-bond acceptors (Lipinski definition) is 3. The van der Waals surface area contributed by atoms with E-state index in [1.54, 1.807) is 0 Å². The lowest BCUT2D eigenvalue weighted by Gasteiger charge is -2.13. The van der Waals surface area contributed by atoms with Gasteiger partial charge >= 0.3 is 0 Å². The van der Waals surface area contributed by atoms with Gasteiger partial charge in [0.25, 0.3) is 0 Å². The summed E-state index contributed by atoms with van der Waals surface area (Å²) in [5.41, 5.74) is 0. The van der Waals surface area contributed by atoms with E-state index in [0.29, 0.717) is 0 Å². The molecule has 2 atom stereocenters. The van der Waals surface area contributed by atoms with E-state index in [4.69, 9.17) is 14.2 Å². The molecule has 0 saturated heterocycles. The van der Waals surface area contributed by atoms with Crippen LogP contribution >= 0.6 is 0 Å². The summed E-state index contributed by atoms with van der Waals surface area (Å²) in [6.45, 7) is 14.5. The summed E-state index contributed by atoms with van der Waals surface area (Å²) in [4.78, 5) is 0. The Hall–Kier alpha value is -0.120. The van der Waals surface area contributed by atoms with Crippen molar-refractivity contribution in [2.75, 3.05) is 39.6 Å². The molecule has 3 heteroatoms. The molecule has 25 heavy (non-hydrogen) atoms. The third kappa shape index (κ3) is 20.0. The van der Waals surface area contributed by atoms with E-state index < -0.39 is 0 Å². The molecule has 0 radical (unpaired) electrons. The van der Waals surface area contributed by atoms with Crippen molar-refractivity contribution >= 4 is 0 Å². The van der Waals surface area contributed by atoms with Crippen LogP contribution in [-0.4, -0.2) is 39.6 Å². The van der Waals surface area contributed by atoms with Crippen molar-refractivity contribution in [3.63, 3.8) is 0 Å². The van der Waals surface area contributed by atoms with Gasteiger partial charge in [-0.1, -0.05) is 53.4 Å². The highest BCUT2D eigenvalue weighted by Crippen LogP contribution is 2.14. The zero-order valence-corrected chi connectivity index (χ0v) is 17.7. The van der Waals surface area contributed by atoms with Gasteiger partial charge in [0.1, 0.15) is 0 Å². The maximum atomic E-state index is 5.81. The maximum absolute atomic E-state index is 5.81. The lowest BCUT2D eigenvalue weighted by Crippen LogP contribution is -2.05. The van der Waals surface area contributed by atoms with Crippen LogP contribution in [0.1, 0.15) is 91.9 Å². The first-order valence-corrected chi connectivity index (χ1v) is 10.9. The molecule has 0 aliphatic rings. The number of unbranched alkanes of at least 4 members (excludes halogenated alkanes) is 2. The lowest BCUT2D eigenvalue weighted by molar-refractivity contribution is 0.110. The summed E-state index contributed by atoms with van der Waals surface area (Å²) in [6, 6.07) is 0. The molecule has 0 unspecified atom stereocenters. The smallest absolute Gasteiger partial charge is 0.0468 e. The lowest BCUT2D eigenvalue weighted by atomic mass is 10.0. The average Bonchev–Trinajstić information content (AvgIpc) is 2.61. The second kappa shape index (κ2) is 20.2. The average molecular weight is 359 g/mol. The second-order valence-corrected chi connectivity index (χ2v) is 7.62. The van der Waals surface area contributed by atoms with Gasteiger partial charge in [-0.3, -0.25) is 0 Å². The SMILES string of the molecule is CCCOCCCC[C@@H](C)CCOCCCC[C@@H](C)CCOCCC. The topological polar surface area (TPSA) is 27.7 Å². The van der Waals surface area contributed by atoms with Crippen molar-refractivity contribution in [1.82, 2.24) is 0 Å². The van der Waals surface area contributed by atoms with Crippen LogP contribution in [0.3, 0.4) is 0 Å². The summed E-state index contributed by atoms with van der Waals surface area (Å²) in [5.74, 6) is 1.55. The molecule has 0 aliphatic carbocycles. The molecule has 3 nitrogen and oxygen atoms in total. The largest absolute Gasteiger partial charge is 0.381 e. The van der Waals surface area contributed by atoms with E-state index >= 15 is 0 Å². The second-order valence-electron chi connectivity index (χ2n) is 7.62. The molecule has 0 bridgehead atoms. The molecular weight excluding hydrogens is 312 g/mol.